The molecule has 2 atom stereocenters. The summed E-state index contributed by atoms with van der Waals surface area (Å²) in [6.45, 7) is -0.648. The fourth-order valence-electron chi connectivity index (χ4n) is 2.34. The van der Waals surface area contributed by atoms with E-state index in [1.54, 1.807) is 12.1 Å². The zero-order valence-electron chi connectivity index (χ0n) is 16.0. The molecule has 0 heterocycles. The number of aliphatic carboxylic acids is 1. The molecule has 0 aliphatic heterocycles. The summed E-state index contributed by atoms with van der Waals surface area (Å²) in [5.41, 5.74) is 5.80. The van der Waals surface area contributed by atoms with Gasteiger partial charge in [0.1, 0.15) is 17.8 Å². The monoisotopic (exact) mass is 426 g/mol. The highest BCUT2D eigenvalue weighted by Gasteiger charge is 2.26. The SMILES string of the molecule is CSCCC(NC(=O)C(Cc1ccc(O)cc1)NC(=O)CNC(=O)CN)C(=O)O. The highest BCUT2D eigenvalue weighted by atomic mass is 32.2. The quantitative estimate of drug-likeness (QED) is 0.242. The Morgan fingerprint density at radius 1 is 1.07 bits per heavy atom. The molecule has 0 aliphatic rings. The molecule has 0 bridgehead atoms. The van der Waals surface area contributed by atoms with Gasteiger partial charge in [-0.3, -0.25) is 14.4 Å². The predicted octanol–water partition coefficient (Wildman–Crippen LogP) is -1.18. The molecule has 0 spiro atoms. The fraction of sp³-hybridized carbons (Fsp3) is 0.444. The van der Waals surface area contributed by atoms with Gasteiger partial charge in [0.2, 0.25) is 17.7 Å². The first-order chi connectivity index (χ1) is 13.8. The Labute approximate surface area is 172 Å². The smallest absolute Gasteiger partial charge is 0.326 e. The fourth-order valence-corrected chi connectivity index (χ4v) is 2.81. The minimum absolute atomic E-state index is 0.0475. The Balaban J connectivity index is 2.87. The van der Waals surface area contributed by atoms with Gasteiger partial charge < -0.3 is 31.9 Å². The number of nitrogens with one attached hydrogen (secondary N) is 3. The van der Waals surface area contributed by atoms with Gasteiger partial charge in [0.15, 0.2) is 0 Å². The number of benzene rings is 1. The van der Waals surface area contributed by atoms with Crippen LogP contribution in [0.1, 0.15) is 12.0 Å². The van der Waals surface area contributed by atoms with E-state index in [1.165, 1.54) is 23.9 Å². The topological polar surface area (TPSA) is 171 Å². The van der Waals surface area contributed by atoms with Crippen LogP contribution in [0.15, 0.2) is 24.3 Å². The van der Waals surface area contributed by atoms with Crippen LogP contribution in [0.5, 0.6) is 5.75 Å². The number of carbonyl (C=O) groups excluding carboxylic acids is 3. The van der Waals surface area contributed by atoms with Crippen molar-refractivity contribution < 1.29 is 29.4 Å². The number of nitrogens with two attached hydrogens (primary N) is 1. The van der Waals surface area contributed by atoms with E-state index in [9.17, 15) is 29.4 Å². The summed E-state index contributed by atoms with van der Waals surface area (Å²) in [7, 11) is 0. The molecule has 2 unspecified atom stereocenters. The number of hydrogen-bond acceptors (Lipinski definition) is 7. The number of aromatic hydroxyl groups is 1. The number of carboxylic acid groups (broad SMARTS) is 1. The molecule has 160 valence electrons. The first-order valence-corrected chi connectivity index (χ1v) is 10.2. The minimum Gasteiger partial charge on any atom is -0.508 e. The van der Waals surface area contributed by atoms with Crippen molar-refractivity contribution in [3.8, 4) is 5.75 Å². The van der Waals surface area contributed by atoms with E-state index in [4.69, 9.17) is 5.73 Å². The van der Waals surface area contributed by atoms with Crippen molar-refractivity contribution in [1.29, 1.82) is 0 Å². The molecule has 0 radical (unpaired) electrons. The van der Waals surface area contributed by atoms with Crippen LogP contribution < -0.4 is 21.7 Å². The molecule has 7 N–H and O–H groups in total. The van der Waals surface area contributed by atoms with E-state index in [0.29, 0.717) is 11.3 Å². The van der Waals surface area contributed by atoms with E-state index < -0.39 is 35.8 Å². The average Bonchev–Trinajstić information content (AvgIpc) is 2.69. The number of hydrogen-bond donors (Lipinski definition) is 6. The van der Waals surface area contributed by atoms with Crippen molar-refractivity contribution in [1.82, 2.24) is 16.0 Å². The van der Waals surface area contributed by atoms with E-state index in [2.05, 4.69) is 16.0 Å². The maximum absolute atomic E-state index is 12.7. The first-order valence-electron chi connectivity index (χ1n) is 8.83. The summed E-state index contributed by atoms with van der Waals surface area (Å²) in [5.74, 6) is -2.39. The molecular formula is C18H26N4O6S. The summed E-state index contributed by atoms with van der Waals surface area (Å²) in [6.07, 6.45) is 2.12. The average molecular weight is 426 g/mol. The normalized spacial score (nSPS) is 12.5. The van der Waals surface area contributed by atoms with Crippen LogP contribution in [0, 0.1) is 0 Å². The maximum atomic E-state index is 12.7. The van der Waals surface area contributed by atoms with Crippen LogP contribution in [-0.4, -0.2) is 71.1 Å². The zero-order chi connectivity index (χ0) is 21.8. The van der Waals surface area contributed by atoms with Crippen LogP contribution >= 0.6 is 11.8 Å². The van der Waals surface area contributed by atoms with Gasteiger partial charge in [-0.25, -0.2) is 4.79 Å². The zero-order valence-corrected chi connectivity index (χ0v) is 16.8. The van der Waals surface area contributed by atoms with Gasteiger partial charge in [0, 0.05) is 6.42 Å². The second kappa shape index (κ2) is 12.6. The lowest BCUT2D eigenvalue weighted by molar-refractivity contribution is -0.142. The van der Waals surface area contributed by atoms with Gasteiger partial charge in [-0.15, -0.1) is 0 Å². The number of phenols is 1. The van der Waals surface area contributed by atoms with E-state index in [1.807, 2.05) is 6.26 Å². The minimum atomic E-state index is -1.17. The molecule has 1 rings (SSSR count). The highest BCUT2D eigenvalue weighted by Crippen LogP contribution is 2.12. The number of carboxylic acids is 1. The van der Waals surface area contributed by atoms with Gasteiger partial charge in [-0.05, 0) is 36.1 Å². The molecule has 10 nitrogen and oxygen atoms in total. The number of amides is 3. The molecule has 3 amide bonds. The Hall–Kier alpha value is -2.79. The van der Waals surface area contributed by atoms with Gasteiger partial charge in [-0.2, -0.15) is 11.8 Å². The van der Waals surface area contributed by atoms with E-state index >= 15 is 0 Å². The Kier molecular flexibility index (Phi) is 10.6. The van der Waals surface area contributed by atoms with Crippen LogP contribution in [0.3, 0.4) is 0 Å². The lowest BCUT2D eigenvalue weighted by Gasteiger charge is -2.21. The van der Waals surface area contributed by atoms with Crippen molar-refractivity contribution in [2.75, 3.05) is 25.1 Å². The summed E-state index contributed by atoms with van der Waals surface area (Å²) in [6, 6.07) is 3.88. The molecule has 1 aromatic rings. The summed E-state index contributed by atoms with van der Waals surface area (Å²) >= 11 is 1.45. The molecule has 11 heteroatoms. The molecule has 0 aliphatic carbocycles. The summed E-state index contributed by atoms with van der Waals surface area (Å²) < 4.78 is 0. The molecule has 0 fully saturated rings. The Bertz CT molecular complexity index is 713. The number of rotatable bonds is 12. The molecular weight excluding hydrogens is 400 g/mol. The van der Waals surface area contributed by atoms with Crippen molar-refractivity contribution in [3.05, 3.63) is 29.8 Å². The number of phenolic OH excluding ortho intramolecular Hbond substituents is 1. The Morgan fingerprint density at radius 2 is 1.72 bits per heavy atom. The van der Waals surface area contributed by atoms with Crippen molar-refractivity contribution in [2.45, 2.75) is 24.9 Å². The Morgan fingerprint density at radius 3 is 2.28 bits per heavy atom. The summed E-state index contributed by atoms with van der Waals surface area (Å²) in [4.78, 5) is 47.4. The van der Waals surface area contributed by atoms with Crippen molar-refractivity contribution in [3.63, 3.8) is 0 Å². The van der Waals surface area contributed by atoms with Crippen LogP contribution in [0.25, 0.3) is 0 Å². The van der Waals surface area contributed by atoms with Gasteiger partial charge in [-0.1, -0.05) is 12.1 Å². The molecule has 1 aromatic carbocycles. The molecule has 0 aromatic heterocycles. The van der Waals surface area contributed by atoms with Crippen LogP contribution in [0.4, 0.5) is 0 Å². The number of carbonyl (C=O) groups is 4. The standard InChI is InChI=1S/C18H26N4O6S/c1-29-7-6-13(18(27)28)22-17(26)14(8-11-2-4-12(23)5-3-11)21-16(25)10-20-15(24)9-19/h2-5,13-14,23H,6-10,19H2,1H3,(H,20,24)(H,21,25)(H,22,26)(H,27,28). The molecule has 0 saturated carbocycles. The third kappa shape index (κ3) is 9.30. The van der Waals surface area contributed by atoms with E-state index in [0.717, 1.165) is 0 Å². The van der Waals surface area contributed by atoms with Gasteiger partial charge >= 0.3 is 5.97 Å². The van der Waals surface area contributed by atoms with Gasteiger partial charge in [0.05, 0.1) is 13.1 Å². The highest BCUT2D eigenvalue weighted by molar-refractivity contribution is 7.98. The first kappa shape index (κ1) is 24.2. The summed E-state index contributed by atoms with van der Waals surface area (Å²) in [5, 5.41) is 25.9. The second-order valence-electron chi connectivity index (χ2n) is 6.15. The second-order valence-corrected chi connectivity index (χ2v) is 7.14. The molecule has 29 heavy (non-hydrogen) atoms. The largest absolute Gasteiger partial charge is 0.508 e. The predicted molar refractivity (Wildman–Crippen MR) is 108 cm³/mol. The third-order valence-electron chi connectivity index (χ3n) is 3.88. The van der Waals surface area contributed by atoms with Crippen molar-refractivity contribution in [2.24, 2.45) is 5.73 Å². The van der Waals surface area contributed by atoms with Gasteiger partial charge in [0.25, 0.3) is 0 Å². The lowest BCUT2D eigenvalue weighted by atomic mass is 10.0. The third-order valence-corrected chi connectivity index (χ3v) is 4.53. The van der Waals surface area contributed by atoms with Crippen molar-refractivity contribution >= 4 is 35.5 Å². The lowest BCUT2D eigenvalue weighted by Crippen LogP contribution is -2.54. The van der Waals surface area contributed by atoms with Crippen LogP contribution in [-0.2, 0) is 25.6 Å². The van der Waals surface area contributed by atoms with Crippen LogP contribution in [0.2, 0.25) is 0 Å². The van der Waals surface area contributed by atoms with E-state index in [-0.39, 0.29) is 31.7 Å². The number of thioether (sulfide) groups is 1. The maximum Gasteiger partial charge on any atom is 0.326 e. The molecule has 0 saturated heterocycles.